The number of halogens is 7. The number of benzene rings is 2. The Morgan fingerprint density at radius 3 is 2.09 bits per heavy atom. The number of aryl methyl sites for hydroxylation is 1. The van der Waals surface area contributed by atoms with E-state index in [0.717, 1.165) is 37.1 Å². The molecule has 0 bridgehead atoms. The molecule has 47 heavy (non-hydrogen) atoms. The van der Waals surface area contributed by atoms with E-state index < -0.39 is 47.4 Å². The minimum Gasteiger partial charge on any atom is -0.466 e. The van der Waals surface area contributed by atoms with Crippen LogP contribution in [0.5, 0.6) is 0 Å². The first-order chi connectivity index (χ1) is 22.0. The molecular weight excluding hydrogens is 631 g/mol. The second kappa shape index (κ2) is 14.8. The van der Waals surface area contributed by atoms with Gasteiger partial charge in [-0.05, 0) is 105 Å². The minimum atomic E-state index is -5.01. The normalized spacial score (nSPS) is 21.8. The number of nitrogens with zero attached hydrogens (tertiary/aromatic N) is 3. The zero-order chi connectivity index (χ0) is 34.7. The molecule has 0 N–H and O–H groups in total. The molecule has 2 fully saturated rings. The quantitative estimate of drug-likeness (QED) is 0.209. The standard InChI is InChI=1S/C34H42F7N3O3/c1-5-47-31(45)15-23-6-8-24(9-7-23)19-43-12-13-44(30(20-43)29-11-10-28(35)14-21(29)2)32(46)42(4)22(3)25-16-26(33(36,37)38)18-27(17-25)34(39,40)41/h10-11,14,16-18,22-24,30H,5-9,12-13,15,19-20H2,1-4H3/t22?,23?,24?,30-/m1/s1. The van der Waals surface area contributed by atoms with E-state index in [2.05, 4.69) is 4.90 Å². The molecular formula is C34H42F7N3O3. The summed E-state index contributed by atoms with van der Waals surface area (Å²) in [4.78, 5) is 30.9. The summed E-state index contributed by atoms with van der Waals surface area (Å²) in [7, 11) is 1.36. The van der Waals surface area contributed by atoms with E-state index in [1.165, 1.54) is 26.1 Å². The highest BCUT2D eigenvalue weighted by Crippen LogP contribution is 2.39. The van der Waals surface area contributed by atoms with Gasteiger partial charge in [0.15, 0.2) is 0 Å². The van der Waals surface area contributed by atoms with Crippen molar-refractivity contribution in [1.29, 1.82) is 0 Å². The average molecular weight is 674 g/mol. The Kier molecular flexibility index (Phi) is 11.5. The van der Waals surface area contributed by atoms with Gasteiger partial charge in [-0.3, -0.25) is 9.69 Å². The fourth-order valence-corrected chi connectivity index (χ4v) is 6.76. The molecule has 13 heteroatoms. The van der Waals surface area contributed by atoms with Crippen LogP contribution < -0.4 is 0 Å². The van der Waals surface area contributed by atoms with Gasteiger partial charge in [-0.1, -0.05) is 6.07 Å². The van der Waals surface area contributed by atoms with Crippen molar-refractivity contribution in [3.63, 3.8) is 0 Å². The van der Waals surface area contributed by atoms with Crippen LogP contribution in [0.1, 0.15) is 85.9 Å². The number of ether oxygens (including phenoxy) is 1. The highest BCUT2D eigenvalue weighted by Gasteiger charge is 2.40. The number of carbonyl (C=O) groups excluding carboxylic acids is 2. The number of urea groups is 1. The highest BCUT2D eigenvalue weighted by molar-refractivity contribution is 5.75. The summed E-state index contributed by atoms with van der Waals surface area (Å²) in [5, 5.41) is 0. The minimum absolute atomic E-state index is 0.0669. The summed E-state index contributed by atoms with van der Waals surface area (Å²) in [6.07, 6.45) is -5.90. The summed E-state index contributed by atoms with van der Waals surface area (Å²) in [6, 6.07) is 3.44. The fraction of sp³-hybridized carbons (Fsp3) is 0.588. The van der Waals surface area contributed by atoms with E-state index in [-0.39, 0.29) is 30.1 Å². The van der Waals surface area contributed by atoms with Gasteiger partial charge < -0.3 is 14.5 Å². The van der Waals surface area contributed by atoms with E-state index in [1.807, 2.05) is 0 Å². The first kappa shape index (κ1) is 36.5. The monoisotopic (exact) mass is 673 g/mol. The van der Waals surface area contributed by atoms with Crippen LogP contribution in [0.4, 0.5) is 35.5 Å². The maximum absolute atomic E-state index is 14.1. The number of piperazine rings is 1. The number of hydrogen-bond donors (Lipinski definition) is 0. The number of alkyl halides is 6. The van der Waals surface area contributed by atoms with Crippen molar-refractivity contribution in [1.82, 2.24) is 14.7 Å². The van der Waals surface area contributed by atoms with Crippen molar-refractivity contribution in [3.8, 4) is 0 Å². The molecule has 1 saturated carbocycles. The summed E-state index contributed by atoms with van der Waals surface area (Å²) >= 11 is 0. The number of esters is 1. The van der Waals surface area contributed by atoms with E-state index in [4.69, 9.17) is 4.74 Å². The first-order valence-corrected chi connectivity index (χ1v) is 15.9. The third-order valence-corrected chi connectivity index (χ3v) is 9.52. The van der Waals surface area contributed by atoms with Gasteiger partial charge in [0, 0.05) is 39.6 Å². The second-order valence-corrected chi connectivity index (χ2v) is 12.8. The zero-order valence-corrected chi connectivity index (χ0v) is 27.1. The van der Waals surface area contributed by atoms with E-state index in [1.54, 1.807) is 24.8 Å². The number of hydrogen-bond acceptors (Lipinski definition) is 4. The molecule has 1 heterocycles. The van der Waals surface area contributed by atoms with Crippen molar-refractivity contribution < 1.29 is 45.1 Å². The van der Waals surface area contributed by atoms with Crippen molar-refractivity contribution in [2.75, 3.05) is 39.8 Å². The Labute approximate surface area is 270 Å². The van der Waals surface area contributed by atoms with Crippen molar-refractivity contribution >= 4 is 12.0 Å². The van der Waals surface area contributed by atoms with E-state index in [0.29, 0.717) is 55.3 Å². The van der Waals surface area contributed by atoms with Gasteiger partial charge in [-0.25, -0.2) is 9.18 Å². The molecule has 1 unspecified atom stereocenters. The zero-order valence-electron chi connectivity index (χ0n) is 27.1. The maximum Gasteiger partial charge on any atom is 0.416 e. The molecule has 0 radical (unpaired) electrons. The Balaban J connectivity index is 1.52. The molecule has 6 nitrogen and oxygen atoms in total. The van der Waals surface area contributed by atoms with Crippen LogP contribution in [0.3, 0.4) is 0 Å². The predicted molar refractivity (Wildman–Crippen MR) is 162 cm³/mol. The Bertz CT molecular complexity index is 1370. The third-order valence-electron chi connectivity index (χ3n) is 9.52. The lowest BCUT2D eigenvalue weighted by Crippen LogP contribution is -2.54. The first-order valence-electron chi connectivity index (χ1n) is 15.9. The van der Waals surface area contributed by atoms with Gasteiger partial charge in [0.25, 0.3) is 0 Å². The van der Waals surface area contributed by atoms with Crippen LogP contribution in [0.15, 0.2) is 36.4 Å². The van der Waals surface area contributed by atoms with Crippen LogP contribution in [0.25, 0.3) is 0 Å². The molecule has 0 spiro atoms. The molecule has 0 aromatic heterocycles. The molecule has 4 rings (SSSR count). The molecule has 2 aromatic rings. The van der Waals surface area contributed by atoms with Crippen LogP contribution in [0.2, 0.25) is 0 Å². The topological polar surface area (TPSA) is 53.1 Å². The molecule has 1 aliphatic carbocycles. The SMILES string of the molecule is CCOC(=O)CC1CCC(CN2CCN(C(=O)N(C)C(C)c3cc(C(F)(F)F)cc(C(F)(F)F)c3)[C@@H](c3ccc(F)cc3C)C2)CC1. The smallest absolute Gasteiger partial charge is 0.416 e. The Morgan fingerprint density at radius 2 is 1.53 bits per heavy atom. The van der Waals surface area contributed by atoms with Gasteiger partial charge in [0.1, 0.15) is 5.82 Å². The van der Waals surface area contributed by atoms with Crippen LogP contribution >= 0.6 is 0 Å². The molecule has 1 saturated heterocycles. The Hall–Kier alpha value is -3.35. The fourth-order valence-electron chi connectivity index (χ4n) is 6.76. The van der Waals surface area contributed by atoms with Gasteiger partial charge >= 0.3 is 24.4 Å². The van der Waals surface area contributed by atoms with Crippen LogP contribution in [-0.4, -0.2) is 66.5 Å². The summed E-state index contributed by atoms with van der Waals surface area (Å²) in [5.41, 5.74) is -1.86. The molecule has 2 aromatic carbocycles. The van der Waals surface area contributed by atoms with E-state index in [9.17, 15) is 40.3 Å². The predicted octanol–water partition coefficient (Wildman–Crippen LogP) is 8.40. The van der Waals surface area contributed by atoms with Crippen molar-refractivity contribution in [2.45, 2.75) is 77.3 Å². The number of rotatable bonds is 8. The number of amides is 2. The lowest BCUT2D eigenvalue weighted by Gasteiger charge is -2.45. The lowest BCUT2D eigenvalue weighted by molar-refractivity contribution is -0.145. The van der Waals surface area contributed by atoms with Crippen molar-refractivity contribution in [3.05, 3.63) is 70.0 Å². The maximum atomic E-state index is 14.1. The summed E-state index contributed by atoms with van der Waals surface area (Å²) < 4.78 is 100. The summed E-state index contributed by atoms with van der Waals surface area (Å²) in [5.74, 6) is 0.0579. The van der Waals surface area contributed by atoms with Gasteiger partial charge in [0.05, 0.1) is 29.8 Å². The second-order valence-electron chi connectivity index (χ2n) is 12.8. The third kappa shape index (κ3) is 9.17. The Morgan fingerprint density at radius 1 is 0.936 bits per heavy atom. The molecule has 2 amide bonds. The van der Waals surface area contributed by atoms with Crippen LogP contribution in [-0.2, 0) is 21.9 Å². The lowest BCUT2D eigenvalue weighted by atomic mass is 9.80. The highest BCUT2D eigenvalue weighted by atomic mass is 19.4. The van der Waals surface area contributed by atoms with Crippen LogP contribution in [0, 0.1) is 24.6 Å². The molecule has 2 atom stereocenters. The summed E-state index contributed by atoms with van der Waals surface area (Å²) in [6.45, 7) is 7.22. The van der Waals surface area contributed by atoms with Gasteiger partial charge in [-0.2, -0.15) is 26.3 Å². The molecule has 1 aliphatic heterocycles. The van der Waals surface area contributed by atoms with Gasteiger partial charge in [0.2, 0.25) is 0 Å². The molecule has 260 valence electrons. The van der Waals surface area contributed by atoms with Crippen molar-refractivity contribution in [2.24, 2.45) is 11.8 Å². The van der Waals surface area contributed by atoms with E-state index >= 15 is 0 Å². The van der Waals surface area contributed by atoms with Gasteiger partial charge in [-0.15, -0.1) is 0 Å². The average Bonchev–Trinajstić information content (AvgIpc) is 3.00. The largest absolute Gasteiger partial charge is 0.466 e. The number of carbonyl (C=O) groups is 2. The molecule has 2 aliphatic rings.